The molecule has 0 amide bonds. The second kappa shape index (κ2) is 8.87. The molecule has 1 fully saturated rings. The van der Waals surface area contributed by atoms with Gasteiger partial charge in [-0.25, -0.2) is 0 Å². The van der Waals surface area contributed by atoms with Crippen LogP contribution in [0.25, 0.3) is 10.9 Å². The number of hydrogen-bond donors (Lipinski definition) is 2. The number of nitrogens with one attached hydrogen (secondary N) is 2. The van der Waals surface area contributed by atoms with Gasteiger partial charge in [-0.15, -0.1) is 0 Å². The third-order valence-corrected chi connectivity index (χ3v) is 6.03. The van der Waals surface area contributed by atoms with Crippen LogP contribution in [0, 0.1) is 6.92 Å². The lowest BCUT2D eigenvalue weighted by Gasteiger charge is -2.37. The Morgan fingerprint density at radius 1 is 1.30 bits per heavy atom. The van der Waals surface area contributed by atoms with E-state index in [1.54, 1.807) is 0 Å². The highest BCUT2D eigenvalue weighted by Gasteiger charge is 2.25. The van der Waals surface area contributed by atoms with Crippen LogP contribution in [0.3, 0.4) is 0 Å². The number of aryl methyl sites for hydroxylation is 1. The maximum atomic E-state index is 12.7. The standard InChI is InChI=1S/C22H31N3OS/c1-4-16(3)23-22(27)25(19-8-6-5-7-9-19)14-18-13-17-12-15(2)10-11-20(17)24-21(18)26/h10-13,16,19H,4-9,14H2,1-3H3,(H,23,27)(H,24,26)/t16-/m0/s1. The first-order chi connectivity index (χ1) is 13.0. The van der Waals surface area contributed by atoms with Crippen LogP contribution >= 0.6 is 12.2 Å². The first-order valence-corrected chi connectivity index (χ1v) is 10.6. The van der Waals surface area contributed by atoms with Crippen molar-refractivity contribution in [3.63, 3.8) is 0 Å². The van der Waals surface area contributed by atoms with Crippen molar-refractivity contribution in [2.24, 2.45) is 0 Å². The van der Waals surface area contributed by atoms with Gasteiger partial charge in [0, 0.05) is 23.2 Å². The number of pyridine rings is 1. The van der Waals surface area contributed by atoms with Gasteiger partial charge in [0.1, 0.15) is 0 Å². The molecular weight excluding hydrogens is 354 g/mol. The van der Waals surface area contributed by atoms with Crippen LogP contribution in [0.5, 0.6) is 0 Å². The lowest BCUT2D eigenvalue weighted by atomic mass is 9.94. The van der Waals surface area contributed by atoms with E-state index in [9.17, 15) is 4.79 Å². The SMILES string of the molecule is CC[C@H](C)NC(=S)N(Cc1cc2cc(C)ccc2[nH]c1=O)C1CCCCC1. The Hall–Kier alpha value is -1.88. The zero-order valence-electron chi connectivity index (χ0n) is 16.7. The quantitative estimate of drug-likeness (QED) is 0.736. The van der Waals surface area contributed by atoms with Crippen molar-refractivity contribution in [1.29, 1.82) is 0 Å². The van der Waals surface area contributed by atoms with Gasteiger partial charge in [-0.2, -0.15) is 0 Å². The van der Waals surface area contributed by atoms with Crippen LogP contribution < -0.4 is 10.9 Å². The van der Waals surface area contributed by atoms with Crippen molar-refractivity contribution in [3.05, 3.63) is 45.7 Å². The summed E-state index contributed by atoms with van der Waals surface area (Å²) in [6.07, 6.45) is 7.08. The van der Waals surface area contributed by atoms with E-state index in [0.717, 1.165) is 40.8 Å². The molecule has 2 N–H and O–H groups in total. The Kier molecular flexibility index (Phi) is 6.53. The molecule has 0 bridgehead atoms. The summed E-state index contributed by atoms with van der Waals surface area (Å²) in [6.45, 7) is 6.94. The largest absolute Gasteiger partial charge is 0.360 e. The van der Waals surface area contributed by atoms with Crippen molar-refractivity contribution in [2.75, 3.05) is 0 Å². The first kappa shape index (κ1) is 19.9. The van der Waals surface area contributed by atoms with Crippen molar-refractivity contribution in [2.45, 2.75) is 77.9 Å². The fraction of sp³-hybridized carbons (Fsp3) is 0.545. The number of fused-ring (bicyclic) bond motifs is 1. The van der Waals surface area contributed by atoms with Crippen LogP contribution in [0.15, 0.2) is 29.1 Å². The van der Waals surface area contributed by atoms with E-state index in [4.69, 9.17) is 12.2 Å². The predicted molar refractivity (Wildman–Crippen MR) is 117 cm³/mol. The zero-order chi connectivity index (χ0) is 19.4. The van der Waals surface area contributed by atoms with E-state index in [1.165, 1.54) is 24.8 Å². The predicted octanol–water partition coefficient (Wildman–Crippen LogP) is 4.64. The van der Waals surface area contributed by atoms with Gasteiger partial charge < -0.3 is 15.2 Å². The van der Waals surface area contributed by atoms with Gasteiger partial charge in [-0.1, -0.05) is 37.8 Å². The molecule has 1 aromatic heterocycles. The normalized spacial score (nSPS) is 16.3. The molecule has 0 aliphatic heterocycles. The summed E-state index contributed by atoms with van der Waals surface area (Å²) in [6, 6.07) is 8.90. The molecule has 5 heteroatoms. The van der Waals surface area contributed by atoms with Crippen molar-refractivity contribution >= 4 is 28.2 Å². The van der Waals surface area contributed by atoms with E-state index in [0.29, 0.717) is 18.6 Å². The van der Waals surface area contributed by atoms with Gasteiger partial charge in [0.25, 0.3) is 5.56 Å². The monoisotopic (exact) mass is 385 g/mol. The topological polar surface area (TPSA) is 48.1 Å². The van der Waals surface area contributed by atoms with E-state index < -0.39 is 0 Å². The fourth-order valence-corrected chi connectivity index (χ4v) is 4.24. The number of aromatic amines is 1. The summed E-state index contributed by atoms with van der Waals surface area (Å²) < 4.78 is 0. The van der Waals surface area contributed by atoms with E-state index >= 15 is 0 Å². The minimum Gasteiger partial charge on any atom is -0.360 e. The highest BCUT2D eigenvalue weighted by Crippen LogP contribution is 2.24. The maximum absolute atomic E-state index is 12.7. The lowest BCUT2D eigenvalue weighted by Crippen LogP contribution is -2.49. The maximum Gasteiger partial charge on any atom is 0.253 e. The molecule has 1 heterocycles. The number of thiocarbonyl (C=S) groups is 1. The van der Waals surface area contributed by atoms with Crippen molar-refractivity contribution in [1.82, 2.24) is 15.2 Å². The second-order valence-electron chi connectivity index (χ2n) is 7.89. The van der Waals surface area contributed by atoms with Gasteiger partial charge in [0.2, 0.25) is 0 Å². The summed E-state index contributed by atoms with van der Waals surface area (Å²) in [5, 5.41) is 5.31. The zero-order valence-corrected chi connectivity index (χ0v) is 17.5. The molecule has 0 unspecified atom stereocenters. The Labute approximate surface area is 167 Å². The molecule has 0 saturated heterocycles. The van der Waals surface area contributed by atoms with Crippen LogP contribution in [-0.2, 0) is 6.54 Å². The molecule has 27 heavy (non-hydrogen) atoms. The Balaban J connectivity index is 1.90. The molecule has 146 valence electrons. The van der Waals surface area contributed by atoms with Gasteiger partial charge >= 0.3 is 0 Å². The summed E-state index contributed by atoms with van der Waals surface area (Å²) in [5.74, 6) is 0. The molecule has 2 aromatic rings. The van der Waals surface area contributed by atoms with Gasteiger partial charge in [-0.05, 0) is 68.9 Å². The summed E-state index contributed by atoms with van der Waals surface area (Å²) in [5.41, 5.74) is 2.85. The summed E-state index contributed by atoms with van der Waals surface area (Å²) >= 11 is 5.76. The minimum absolute atomic E-state index is 0.0153. The average Bonchev–Trinajstić information content (AvgIpc) is 2.67. The van der Waals surface area contributed by atoms with Gasteiger partial charge in [-0.3, -0.25) is 4.79 Å². The summed E-state index contributed by atoms with van der Waals surface area (Å²) in [7, 11) is 0. The smallest absolute Gasteiger partial charge is 0.253 e. The molecule has 1 aromatic carbocycles. The average molecular weight is 386 g/mol. The molecule has 1 aliphatic carbocycles. The lowest BCUT2D eigenvalue weighted by molar-refractivity contribution is 0.233. The Morgan fingerprint density at radius 2 is 2.04 bits per heavy atom. The highest BCUT2D eigenvalue weighted by molar-refractivity contribution is 7.80. The van der Waals surface area contributed by atoms with Crippen LogP contribution in [-0.4, -0.2) is 27.1 Å². The molecule has 1 atom stereocenters. The number of nitrogens with zero attached hydrogens (tertiary/aromatic N) is 1. The minimum atomic E-state index is -0.0153. The number of rotatable bonds is 5. The fourth-order valence-electron chi connectivity index (χ4n) is 3.83. The number of benzene rings is 1. The first-order valence-electron chi connectivity index (χ1n) is 10.2. The third-order valence-electron chi connectivity index (χ3n) is 5.68. The molecule has 4 nitrogen and oxygen atoms in total. The van der Waals surface area contributed by atoms with Gasteiger partial charge in [0.05, 0.1) is 6.54 Å². The highest BCUT2D eigenvalue weighted by atomic mass is 32.1. The molecule has 1 aliphatic rings. The van der Waals surface area contributed by atoms with Crippen LogP contribution in [0.4, 0.5) is 0 Å². The number of aromatic nitrogens is 1. The van der Waals surface area contributed by atoms with Crippen molar-refractivity contribution in [3.8, 4) is 0 Å². The molecule has 1 saturated carbocycles. The third kappa shape index (κ3) is 4.89. The summed E-state index contributed by atoms with van der Waals surface area (Å²) in [4.78, 5) is 18.0. The van der Waals surface area contributed by atoms with Crippen molar-refractivity contribution < 1.29 is 0 Å². The number of hydrogen-bond acceptors (Lipinski definition) is 2. The Morgan fingerprint density at radius 3 is 2.74 bits per heavy atom. The molecule has 0 radical (unpaired) electrons. The Bertz CT molecular complexity index is 854. The molecular formula is C22H31N3OS. The van der Waals surface area contributed by atoms with E-state index in [-0.39, 0.29) is 5.56 Å². The number of H-pyrrole nitrogens is 1. The van der Waals surface area contributed by atoms with E-state index in [1.807, 2.05) is 18.2 Å². The second-order valence-corrected chi connectivity index (χ2v) is 8.28. The molecule has 3 rings (SSSR count). The van der Waals surface area contributed by atoms with Crippen LogP contribution in [0.2, 0.25) is 0 Å². The van der Waals surface area contributed by atoms with Crippen LogP contribution in [0.1, 0.15) is 63.5 Å². The van der Waals surface area contributed by atoms with Gasteiger partial charge in [0.15, 0.2) is 5.11 Å². The molecule has 0 spiro atoms. The van der Waals surface area contributed by atoms with E-state index in [2.05, 4.69) is 42.0 Å².